The molecule has 2 N–H and O–H groups in total. The van der Waals surface area contributed by atoms with Crippen LogP contribution in [0.1, 0.15) is 5.69 Å². The van der Waals surface area contributed by atoms with Crippen LogP contribution in [-0.4, -0.2) is 9.97 Å². The van der Waals surface area contributed by atoms with Crippen LogP contribution in [0.25, 0.3) is 0 Å². The van der Waals surface area contributed by atoms with Crippen molar-refractivity contribution in [3.05, 3.63) is 40.3 Å². The quantitative estimate of drug-likeness (QED) is 0.855. The second-order valence-electron chi connectivity index (χ2n) is 3.23. The van der Waals surface area contributed by atoms with E-state index in [0.29, 0.717) is 15.7 Å². The maximum absolute atomic E-state index is 8.85. The Morgan fingerprint density at radius 1 is 1.17 bits per heavy atom. The average Bonchev–Trinajstić information content (AvgIpc) is 2.36. The minimum atomic E-state index is 0.0583. The van der Waals surface area contributed by atoms with Gasteiger partial charge in [0.15, 0.2) is 5.75 Å². The molecule has 2 aromatic rings. The van der Waals surface area contributed by atoms with Crippen molar-refractivity contribution < 1.29 is 4.74 Å². The Balaban J connectivity index is 2.41. The molecular weight excluding hydrogens is 275 g/mol. The van der Waals surface area contributed by atoms with Gasteiger partial charge in [-0.1, -0.05) is 23.2 Å². The Labute approximate surface area is 113 Å². The molecule has 0 spiro atoms. The highest BCUT2D eigenvalue weighted by molar-refractivity contribution is 6.42. The fraction of sp³-hybridized carbons (Fsp3) is 0. The maximum Gasteiger partial charge on any atom is 0.256 e. The lowest BCUT2D eigenvalue weighted by Crippen LogP contribution is -1.97. The van der Waals surface area contributed by atoms with Gasteiger partial charge in [0.1, 0.15) is 6.07 Å². The lowest BCUT2D eigenvalue weighted by atomic mass is 10.3. The lowest BCUT2D eigenvalue weighted by Gasteiger charge is -2.09. The molecule has 0 aliphatic carbocycles. The molecule has 0 radical (unpaired) electrons. The molecule has 90 valence electrons. The Morgan fingerprint density at radius 2 is 1.83 bits per heavy atom. The van der Waals surface area contributed by atoms with E-state index in [1.54, 1.807) is 0 Å². The van der Waals surface area contributed by atoms with E-state index < -0.39 is 0 Å². The highest BCUT2D eigenvalue weighted by Crippen LogP contribution is 2.34. The second kappa shape index (κ2) is 5.08. The molecule has 0 bridgehead atoms. The third-order valence-electron chi connectivity index (χ3n) is 2.03. The summed E-state index contributed by atoms with van der Waals surface area (Å²) in [4.78, 5) is 7.71. The fourth-order valence-corrected chi connectivity index (χ4v) is 1.54. The summed E-state index contributed by atoms with van der Waals surface area (Å²) >= 11 is 11.7. The average molecular weight is 281 g/mol. The molecule has 0 saturated carbocycles. The number of aromatic nitrogens is 2. The zero-order valence-corrected chi connectivity index (χ0v) is 10.4. The van der Waals surface area contributed by atoms with Gasteiger partial charge in [0.2, 0.25) is 5.69 Å². The molecule has 0 saturated heterocycles. The summed E-state index contributed by atoms with van der Waals surface area (Å²) in [6, 6.07) is 4.78. The zero-order chi connectivity index (χ0) is 13.1. The summed E-state index contributed by atoms with van der Waals surface area (Å²) in [5, 5.41) is 9.47. The Kier molecular flexibility index (Phi) is 3.51. The summed E-state index contributed by atoms with van der Waals surface area (Å²) in [6.45, 7) is 0. The van der Waals surface area contributed by atoms with Gasteiger partial charge < -0.3 is 10.5 Å². The number of hydrogen-bond donors (Lipinski definition) is 1. The number of halogens is 2. The number of benzene rings is 1. The molecule has 0 unspecified atom stereocenters. The van der Waals surface area contributed by atoms with E-state index in [2.05, 4.69) is 9.97 Å². The number of nitrogens with zero attached hydrogens (tertiary/aromatic N) is 3. The van der Waals surface area contributed by atoms with Crippen LogP contribution in [0.4, 0.5) is 5.69 Å². The molecule has 0 aliphatic heterocycles. The predicted molar refractivity (Wildman–Crippen MR) is 67.7 cm³/mol. The Bertz CT molecular complexity index is 639. The molecule has 5 nitrogen and oxygen atoms in total. The smallest absolute Gasteiger partial charge is 0.256 e. The number of nitrogen functional groups attached to an aromatic ring is 1. The van der Waals surface area contributed by atoms with Crippen LogP contribution in [0.15, 0.2) is 24.5 Å². The first-order chi connectivity index (χ1) is 8.61. The summed E-state index contributed by atoms with van der Waals surface area (Å²) in [7, 11) is 0. The van der Waals surface area contributed by atoms with Gasteiger partial charge in [-0.2, -0.15) is 5.26 Å². The normalized spacial score (nSPS) is 9.83. The van der Waals surface area contributed by atoms with Crippen LogP contribution in [0.5, 0.6) is 11.6 Å². The van der Waals surface area contributed by atoms with E-state index in [-0.39, 0.29) is 17.3 Å². The molecule has 0 fully saturated rings. The van der Waals surface area contributed by atoms with E-state index in [1.165, 1.54) is 24.5 Å². The zero-order valence-electron chi connectivity index (χ0n) is 8.89. The van der Waals surface area contributed by atoms with Crippen LogP contribution in [0.3, 0.4) is 0 Å². The second-order valence-corrected chi connectivity index (χ2v) is 4.04. The molecule has 0 atom stereocenters. The molecule has 18 heavy (non-hydrogen) atoms. The molecule has 2 rings (SSSR count). The summed E-state index contributed by atoms with van der Waals surface area (Å²) in [5.41, 5.74) is 6.08. The maximum atomic E-state index is 8.85. The van der Waals surface area contributed by atoms with Crippen molar-refractivity contribution in [1.29, 1.82) is 5.26 Å². The molecule has 1 heterocycles. The van der Waals surface area contributed by atoms with Gasteiger partial charge in [0.25, 0.3) is 5.88 Å². The van der Waals surface area contributed by atoms with E-state index in [4.69, 9.17) is 38.9 Å². The Hall–Kier alpha value is -2.03. The van der Waals surface area contributed by atoms with Crippen LogP contribution < -0.4 is 10.5 Å². The van der Waals surface area contributed by atoms with Crippen molar-refractivity contribution in [2.45, 2.75) is 0 Å². The van der Waals surface area contributed by atoms with Gasteiger partial charge in [-0.15, -0.1) is 0 Å². The van der Waals surface area contributed by atoms with Crippen molar-refractivity contribution in [1.82, 2.24) is 9.97 Å². The largest absolute Gasteiger partial charge is 0.434 e. The first-order valence-electron chi connectivity index (χ1n) is 4.75. The van der Waals surface area contributed by atoms with Gasteiger partial charge in [-0.3, -0.25) is 0 Å². The number of nitriles is 1. The van der Waals surface area contributed by atoms with Crippen molar-refractivity contribution >= 4 is 28.9 Å². The van der Waals surface area contributed by atoms with E-state index in [1.807, 2.05) is 6.07 Å². The predicted octanol–water partition coefficient (Wildman–Crippen LogP) is 3.03. The molecule has 1 aromatic carbocycles. The first kappa shape index (κ1) is 12.4. The Morgan fingerprint density at radius 3 is 2.56 bits per heavy atom. The van der Waals surface area contributed by atoms with Crippen LogP contribution >= 0.6 is 23.2 Å². The molecule has 7 heteroatoms. The van der Waals surface area contributed by atoms with Crippen LogP contribution in [-0.2, 0) is 0 Å². The molecule has 0 amide bonds. The summed E-state index contributed by atoms with van der Waals surface area (Å²) in [6.07, 6.45) is 2.80. The third-order valence-corrected chi connectivity index (χ3v) is 2.75. The highest BCUT2D eigenvalue weighted by atomic mass is 35.5. The standard InChI is InChI=1S/C11H6Cl2N4O/c12-6-3-8(15)10(4-7(6)13)18-11-9(5-14)16-1-2-17-11/h1-4H,15H2. The van der Waals surface area contributed by atoms with E-state index in [9.17, 15) is 0 Å². The molecule has 1 aromatic heterocycles. The fourth-order valence-electron chi connectivity index (χ4n) is 1.21. The van der Waals surface area contributed by atoms with Gasteiger partial charge >= 0.3 is 0 Å². The molecular formula is C11H6Cl2N4O. The molecule has 0 aliphatic rings. The minimum Gasteiger partial charge on any atom is -0.434 e. The summed E-state index contributed by atoms with van der Waals surface area (Å²) in [5.74, 6) is 0.325. The number of anilines is 1. The minimum absolute atomic E-state index is 0.0583. The van der Waals surface area contributed by atoms with Gasteiger partial charge in [0.05, 0.1) is 15.7 Å². The SMILES string of the molecule is N#Cc1nccnc1Oc1cc(Cl)c(Cl)cc1N. The van der Waals surface area contributed by atoms with Gasteiger partial charge in [-0.05, 0) is 6.07 Å². The van der Waals surface area contributed by atoms with Crippen molar-refractivity contribution in [2.75, 3.05) is 5.73 Å². The van der Waals surface area contributed by atoms with E-state index >= 15 is 0 Å². The third kappa shape index (κ3) is 2.45. The number of hydrogen-bond acceptors (Lipinski definition) is 5. The number of nitrogens with two attached hydrogens (primary N) is 1. The van der Waals surface area contributed by atoms with E-state index in [0.717, 1.165) is 0 Å². The van der Waals surface area contributed by atoms with Crippen molar-refractivity contribution in [3.8, 4) is 17.7 Å². The van der Waals surface area contributed by atoms with Crippen molar-refractivity contribution in [2.24, 2.45) is 0 Å². The van der Waals surface area contributed by atoms with Gasteiger partial charge in [-0.25, -0.2) is 9.97 Å². The topological polar surface area (TPSA) is 84.8 Å². The lowest BCUT2D eigenvalue weighted by molar-refractivity contribution is 0.460. The van der Waals surface area contributed by atoms with Crippen LogP contribution in [0, 0.1) is 11.3 Å². The highest BCUT2D eigenvalue weighted by Gasteiger charge is 2.11. The first-order valence-corrected chi connectivity index (χ1v) is 5.51. The number of rotatable bonds is 2. The monoisotopic (exact) mass is 280 g/mol. The summed E-state index contributed by atoms with van der Waals surface area (Å²) < 4.78 is 5.40. The number of ether oxygens (including phenoxy) is 1. The van der Waals surface area contributed by atoms with Crippen molar-refractivity contribution in [3.63, 3.8) is 0 Å². The van der Waals surface area contributed by atoms with Gasteiger partial charge in [0, 0.05) is 18.5 Å². The van der Waals surface area contributed by atoms with Crippen LogP contribution in [0.2, 0.25) is 10.0 Å².